The Labute approximate surface area is 121 Å². The van der Waals surface area contributed by atoms with Crippen LogP contribution >= 0.6 is 11.3 Å². The van der Waals surface area contributed by atoms with Crippen molar-refractivity contribution in [3.63, 3.8) is 0 Å². The Kier molecular flexibility index (Phi) is 6.25. The highest BCUT2D eigenvalue weighted by molar-refractivity contribution is 7.10. The highest BCUT2D eigenvalue weighted by atomic mass is 32.1. The fourth-order valence-corrected chi connectivity index (χ4v) is 2.19. The number of nitrogens with one attached hydrogen (secondary N) is 1. The third-order valence-electron chi connectivity index (χ3n) is 2.46. The van der Waals surface area contributed by atoms with Crippen LogP contribution in [0.5, 0.6) is 5.75 Å². The lowest BCUT2D eigenvalue weighted by Gasteiger charge is -2.08. The number of hydrogen-bond donors (Lipinski definition) is 2. The smallest absolute Gasteiger partial charge is 0.259 e. The Bertz CT molecular complexity index is 581. The molecule has 2 rings (SSSR count). The maximum atomic E-state index is 12.1. The molecule has 1 heterocycles. The zero-order chi connectivity index (χ0) is 15.0. The van der Waals surface area contributed by atoms with Gasteiger partial charge < -0.3 is 15.8 Å². The Hall–Kier alpha value is -2.34. The first-order chi connectivity index (χ1) is 9.63. The largest absolute Gasteiger partial charge is 0.496 e. The zero-order valence-electron chi connectivity index (χ0n) is 11.3. The third kappa shape index (κ3) is 4.10. The summed E-state index contributed by atoms with van der Waals surface area (Å²) < 4.78 is 5.16. The second-order valence-corrected chi connectivity index (χ2v) is 4.80. The molecule has 1 aromatic carbocycles. The third-order valence-corrected chi connectivity index (χ3v) is 3.30. The molecule has 0 fully saturated rings. The molecule has 3 N–H and O–H groups in total. The van der Waals surface area contributed by atoms with Gasteiger partial charge in [-0.3, -0.25) is 9.59 Å². The topological polar surface area (TPSA) is 81.4 Å². The molecule has 0 unspecified atom stereocenters. The van der Waals surface area contributed by atoms with E-state index in [0.29, 0.717) is 11.3 Å². The number of thiophene rings is 1. The molecule has 106 valence electrons. The molecular formula is C14H16N2O3S. The SMILES string of the molecule is COc1ccccc1C(=O)Nc1ccsc1C.NC=O. The van der Waals surface area contributed by atoms with Gasteiger partial charge in [0, 0.05) is 4.88 Å². The Morgan fingerprint density at radius 1 is 1.35 bits per heavy atom. The van der Waals surface area contributed by atoms with Crippen LogP contribution in [0.3, 0.4) is 0 Å². The summed E-state index contributed by atoms with van der Waals surface area (Å²) in [6.45, 7) is 1.97. The van der Waals surface area contributed by atoms with Gasteiger partial charge in [-0.2, -0.15) is 0 Å². The van der Waals surface area contributed by atoms with Crippen molar-refractivity contribution in [3.05, 3.63) is 46.2 Å². The Morgan fingerprint density at radius 3 is 2.55 bits per heavy atom. The molecule has 0 radical (unpaired) electrons. The summed E-state index contributed by atoms with van der Waals surface area (Å²) >= 11 is 1.61. The average molecular weight is 292 g/mol. The number of para-hydroxylation sites is 1. The molecule has 0 bridgehead atoms. The summed E-state index contributed by atoms with van der Waals surface area (Å²) in [7, 11) is 1.56. The minimum atomic E-state index is -0.149. The Balaban J connectivity index is 0.000000612. The molecule has 0 aliphatic heterocycles. The van der Waals surface area contributed by atoms with Crippen LogP contribution in [-0.4, -0.2) is 19.4 Å². The van der Waals surface area contributed by atoms with Gasteiger partial charge in [-0.25, -0.2) is 0 Å². The van der Waals surface area contributed by atoms with E-state index in [4.69, 9.17) is 9.53 Å². The fourth-order valence-electron chi connectivity index (χ4n) is 1.54. The summed E-state index contributed by atoms with van der Waals surface area (Å²) in [6, 6.07) is 9.07. The van der Waals surface area contributed by atoms with E-state index in [2.05, 4.69) is 11.1 Å². The highest BCUT2D eigenvalue weighted by Gasteiger charge is 2.12. The highest BCUT2D eigenvalue weighted by Crippen LogP contribution is 2.23. The molecule has 0 aliphatic carbocycles. The summed E-state index contributed by atoms with van der Waals surface area (Å²) in [5.74, 6) is 0.432. The summed E-state index contributed by atoms with van der Waals surface area (Å²) in [4.78, 5) is 21.7. The summed E-state index contributed by atoms with van der Waals surface area (Å²) in [5.41, 5.74) is 5.56. The van der Waals surface area contributed by atoms with Crippen molar-refractivity contribution < 1.29 is 14.3 Å². The van der Waals surface area contributed by atoms with E-state index >= 15 is 0 Å². The summed E-state index contributed by atoms with van der Waals surface area (Å²) in [5, 5.41) is 4.82. The first-order valence-electron chi connectivity index (χ1n) is 5.77. The molecule has 0 saturated carbocycles. The van der Waals surface area contributed by atoms with E-state index < -0.39 is 0 Å². The van der Waals surface area contributed by atoms with Crippen molar-refractivity contribution in [1.82, 2.24) is 0 Å². The van der Waals surface area contributed by atoms with Crippen LogP contribution in [0.15, 0.2) is 35.7 Å². The van der Waals surface area contributed by atoms with Crippen LogP contribution in [-0.2, 0) is 4.79 Å². The number of aryl methyl sites for hydroxylation is 1. The molecule has 0 atom stereocenters. The van der Waals surface area contributed by atoms with Gasteiger partial charge in [0.1, 0.15) is 5.75 Å². The first kappa shape index (κ1) is 15.7. The average Bonchev–Trinajstić information content (AvgIpc) is 2.85. The minimum absolute atomic E-state index is 0.149. The lowest BCUT2D eigenvalue weighted by molar-refractivity contribution is -0.106. The van der Waals surface area contributed by atoms with Crippen LogP contribution in [0.4, 0.5) is 5.69 Å². The maximum Gasteiger partial charge on any atom is 0.259 e. The van der Waals surface area contributed by atoms with Gasteiger partial charge in [0.25, 0.3) is 5.91 Å². The monoisotopic (exact) mass is 292 g/mol. The summed E-state index contributed by atoms with van der Waals surface area (Å²) in [6.07, 6.45) is 0.250. The van der Waals surface area contributed by atoms with E-state index in [1.807, 2.05) is 30.5 Å². The number of hydrogen-bond acceptors (Lipinski definition) is 4. The molecule has 0 saturated heterocycles. The van der Waals surface area contributed by atoms with E-state index in [1.165, 1.54) is 0 Å². The number of nitrogens with two attached hydrogens (primary N) is 1. The zero-order valence-corrected chi connectivity index (χ0v) is 12.1. The number of amides is 2. The lowest BCUT2D eigenvalue weighted by Crippen LogP contribution is -2.13. The number of methoxy groups -OCH3 is 1. The van der Waals surface area contributed by atoms with Crippen molar-refractivity contribution in [1.29, 1.82) is 0 Å². The second kappa shape index (κ2) is 7.96. The number of anilines is 1. The number of ether oxygens (including phenoxy) is 1. The van der Waals surface area contributed by atoms with Crippen molar-refractivity contribution in [3.8, 4) is 5.75 Å². The number of carbonyl (C=O) groups excluding carboxylic acids is 2. The van der Waals surface area contributed by atoms with Gasteiger partial charge >= 0.3 is 0 Å². The molecule has 0 aliphatic rings. The predicted octanol–water partition coefficient (Wildman–Crippen LogP) is 2.42. The Morgan fingerprint density at radius 2 is 2.00 bits per heavy atom. The normalized spacial score (nSPS) is 9.10. The molecule has 0 spiro atoms. The molecule has 5 nitrogen and oxygen atoms in total. The van der Waals surface area contributed by atoms with Gasteiger partial charge in [-0.15, -0.1) is 11.3 Å². The van der Waals surface area contributed by atoms with Gasteiger partial charge in [0.2, 0.25) is 6.41 Å². The van der Waals surface area contributed by atoms with Gasteiger partial charge in [-0.1, -0.05) is 12.1 Å². The van der Waals surface area contributed by atoms with Crippen LogP contribution < -0.4 is 15.8 Å². The van der Waals surface area contributed by atoms with E-state index in [0.717, 1.165) is 10.6 Å². The molecule has 6 heteroatoms. The number of rotatable bonds is 3. The van der Waals surface area contributed by atoms with Crippen LogP contribution in [0.2, 0.25) is 0 Å². The predicted molar refractivity (Wildman–Crippen MR) is 80.3 cm³/mol. The molecule has 20 heavy (non-hydrogen) atoms. The van der Waals surface area contributed by atoms with Crippen LogP contribution in [0.25, 0.3) is 0 Å². The molecule has 1 aromatic heterocycles. The van der Waals surface area contributed by atoms with Crippen LogP contribution in [0.1, 0.15) is 15.2 Å². The molecule has 2 aromatic rings. The van der Waals surface area contributed by atoms with Crippen molar-refractivity contribution in [2.45, 2.75) is 6.92 Å². The second-order valence-electron chi connectivity index (χ2n) is 3.68. The molecule has 2 amide bonds. The number of benzene rings is 1. The number of primary amides is 1. The van der Waals surface area contributed by atoms with Crippen LogP contribution in [0, 0.1) is 6.92 Å². The standard InChI is InChI=1S/C13H13NO2S.CH3NO/c1-9-11(7-8-17-9)14-13(15)10-5-3-4-6-12(10)16-2;2-1-3/h3-8H,1-2H3,(H,14,15);1H,(H2,2,3). The van der Waals surface area contributed by atoms with Gasteiger partial charge in [0.05, 0.1) is 18.4 Å². The number of carbonyl (C=O) groups is 2. The van der Waals surface area contributed by atoms with E-state index in [-0.39, 0.29) is 12.3 Å². The molecular weight excluding hydrogens is 276 g/mol. The van der Waals surface area contributed by atoms with E-state index in [9.17, 15) is 4.79 Å². The maximum absolute atomic E-state index is 12.1. The van der Waals surface area contributed by atoms with Crippen molar-refractivity contribution >= 4 is 29.3 Å². The quantitative estimate of drug-likeness (QED) is 0.852. The van der Waals surface area contributed by atoms with Gasteiger partial charge in [-0.05, 0) is 30.5 Å². The fraction of sp³-hybridized carbons (Fsp3) is 0.143. The minimum Gasteiger partial charge on any atom is -0.496 e. The first-order valence-corrected chi connectivity index (χ1v) is 6.65. The van der Waals surface area contributed by atoms with E-state index in [1.54, 1.807) is 30.6 Å². The lowest BCUT2D eigenvalue weighted by atomic mass is 10.2. The van der Waals surface area contributed by atoms with Crippen molar-refractivity contribution in [2.24, 2.45) is 5.73 Å². The van der Waals surface area contributed by atoms with Crippen molar-refractivity contribution in [2.75, 3.05) is 12.4 Å². The van der Waals surface area contributed by atoms with Gasteiger partial charge in [0.15, 0.2) is 0 Å².